The van der Waals surface area contributed by atoms with Gasteiger partial charge in [-0.3, -0.25) is 4.18 Å². The number of nitrogens with zero attached hydrogens (tertiary/aromatic N) is 3. The van der Waals surface area contributed by atoms with Crippen LogP contribution in [0.5, 0.6) is 0 Å². The molecule has 0 bridgehead atoms. The van der Waals surface area contributed by atoms with Gasteiger partial charge in [-0.2, -0.15) is 8.42 Å². The Morgan fingerprint density at radius 2 is 2.00 bits per heavy atom. The van der Waals surface area contributed by atoms with Crippen molar-refractivity contribution in [3.8, 4) is 0 Å². The summed E-state index contributed by atoms with van der Waals surface area (Å²) in [5.74, 6) is 0.427. The van der Waals surface area contributed by atoms with Gasteiger partial charge in [0.15, 0.2) is 0 Å². The van der Waals surface area contributed by atoms with E-state index < -0.39 is 16.4 Å². The minimum Gasteiger partial charge on any atom is -0.393 e. The first-order valence-electron chi connectivity index (χ1n) is 9.24. The zero-order valence-electron chi connectivity index (χ0n) is 15.6. The summed E-state index contributed by atoms with van der Waals surface area (Å²) in [7, 11) is -4.02. The molecule has 0 saturated heterocycles. The van der Waals surface area contributed by atoms with Crippen molar-refractivity contribution in [2.75, 3.05) is 6.61 Å². The molecule has 1 aromatic carbocycles. The van der Waals surface area contributed by atoms with Crippen LogP contribution in [0, 0.1) is 5.92 Å². The highest BCUT2D eigenvalue weighted by molar-refractivity contribution is 7.98. The molecular weight excluding hydrogens is 412 g/mol. The van der Waals surface area contributed by atoms with E-state index in [0.29, 0.717) is 12.8 Å². The van der Waals surface area contributed by atoms with Crippen molar-refractivity contribution in [2.24, 2.45) is 11.1 Å². The first-order chi connectivity index (χ1) is 13.9. The molecule has 1 fully saturated rings. The van der Waals surface area contributed by atoms with Gasteiger partial charge in [0.05, 0.1) is 18.4 Å². The third-order valence-electron chi connectivity index (χ3n) is 5.18. The van der Waals surface area contributed by atoms with Gasteiger partial charge in [0.1, 0.15) is 12.0 Å². The average Bonchev–Trinajstić information content (AvgIpc) is 3.28. The van der Waals surface area contributed by atoms with E-state index in [1.807, 2.05) is 35.0 Å². The Kier molecular flexibility index (Phi) is 5.88. The van der Waals surface area contributed by atoms with E-state index in [9.17, 15) is 13.5 Å². The Morgan fingerprint density at radius 1 is 1.21 bits per heavy atom. The summed E-state index contributed by atoms with van der Waals surface area (Å²) in [5.41, 5.74) is 1.77. The number of thioether (sulfide) groups is 1. The largest absolute Gasteiger partial charge is 0.393 e. The minimum atomic E-state index is -4.02. The van der Waals surface area contributed by atoms with Gasteiger partial charge in [-0.15, -0.1) is 11.8 Å². The molecule has 2 aromatic heterocycles. The highest BCUT2D eigenvalue weighted by Crippen LogP contribution is 2.37. The molecule has 8 nitrogen and oxygen atoms in total. The number of fused-ring (bicyclic) bond motifs is 1. The molecule has 0 aliphatic heterocycles. The van der Waals surface area contributed by atoms with Gasteiger partial charge in [0.25, 0.3) is 0 Å². The fourth-order valence-electron chi connectivity index (χ4n) is 3.76. The second-order valence-electron chi connectivity index (χ2n) is 7.11. The summed E-state index contributed by atoms with van der Waals surface area (Å²) >= 11 is 1.71. The lowest BCUT2D eigenvalue weighted by Gasteiger charge is -2.14. The van der Waals surface area contributed by atoms with Crippen LogP contribution in [0.25, 0.3) is 11.0 Å². The summed E-state index contributed by atoms with van der Waals surface area (Å²) in [6, 6.07) is 12.1. The SMILES string of the molecule is NS(=O)(=O)OC[C@@H]1C[C@@H](n2ccc3c(CSc4ccccc4)ncnc32)C[C@@H]1O. The Bertz CT molecular complexity index is 1090. The Hall–Kier alpha value is -1.98. The molecule has 3 aromatic rings. The van der Waals surface area contributed by atoms with E-state index in [2.05, 4.69) is 26.3 Å². The van der Waals surface area contributed by atoms with Crippen LogP contribution in [0.3, 0.4) is 0 Å². The molecule has 29 heavy (non-hydrogen) atoms. The summed E-state index contributed by atoms with van der Waals surface area (Å²) in [6.45, 7) is -0.121. The Labute approximate surface area is 173 Å². The summed E-state index contributed by atoms with van der Waals surface area (Å²) in [4.78, 5) is 10.1. The number of rotatable bonds is 7. The lowest BCUT2D eigenvalue weighted by Crippen LogP contribution is -2.24. The van der Waals surface area contributed by atoms with E-state index >= 15 is 0 Å². The molecule has 3 N–H and O–H groups in total. The van der Waals surface area contributed by atoms with Crippen molar-refractivity contribution >= 4 is 33.1 Å². The number of nitrogens with two attached hydrogens (primary N) is 1. The maximum Gasteiger partial charge on any atom is 0.333 e. The Morgan fingerprint density at radius 3 is 2.76 bits per heavy atom. The van der Waals surface area contributed by atoms with Crippen LogP contribution in [0.2, 0.25) is 0 Å². The summed E-state index contributed by atoms with van der Waals surface area (Å²) in [6.07, 6.45) is 3.94. The topological polar surface area (TPSA) is 120 Å². The smallest absolute Gasteiger partial charge is 0.333 e. The number of aliphatic hydroxyl groups is 1. The molecule has 1 saturated carbocycles. The molecular formula is C19H22N4O4S2. The molecule has 0 radical (unpaired) electrons. The standard InChI is InChI=1S/C19H22N4O4S2/c20-29(25,26)27-10-13-8-14(9-18(13)24)23-7-6-16-17(21-12-22-19(16)23)11-28-15-4-2-1-3-5-15/h1-7,12-14,18,24H,8-11H2,(H2,20,25,26)/t13-,14+,18-/m0/s1. The monoisotopic (exact) mass is 434 g/mol. The predicted molar refractivity (Wildman–Crippen MR) is 110 cm³/mol. The molecule has 1 aliphatic rings. The van der Waals surface area contributed by atoms with Crippen LogP contribution in [0.15, 0.2) is 53.8 Å². The second-order valence-corrected chi connectivity index (χ2v) is 9.38. The number of hydrogen-bond donors (Lipinski definition) is 2. The zero-order valence-corrected chi connectivity index (χ0v) is 17.2. The van der Waals surface area contributed by atoms with Crippen molar-refractivity contribution in [1.82, 2.24) is 14.5 Å². The van der Waals surface area contributed by atoms with Crippen LogP contribution in [-0.4, -0.2) is 40.8 Å². The number of hydrogen-bond acceptors (Lipinski definition) is 7. The minimum absolute atomic E-state index is 0.00102. The van der Waals surface area contributed by atoms with Crippen molar-refractivity contribution in [2.45, 2.75) is 35.6 Å². The molecule has 4 rings (SSSR count). The number of benzene rings is 1. The van der Waals surface area contributed by atoms with Gasteiger partial charge < -0.3 is 9.67 Å². The molecule has 0 amide bonds. The van der Waals surface area contributed by atoms with Gasteiger partial charge in [-0.1, -0.05) is 18.2 Å². The highest BCUT2D eigenvalue weighted by atomic mass is 32.2. The van der Waals surface area contributed by atoms with Gasteiger partial charge in [-0.25, -0.2) is 15.1 Å². The molecule has 10 heteroatoms. The van der Waals surface area contributed by atoms with E-state index in [1.54, 1.807) is 18.1 Å². The molecule has 3 atom stereocenters. The third kappa shape index (κ3) is 4.78. The maximum absolute atomic E-state index is 11.0. The van der Waals surface area contributed by atoms with E-state index in [-0.39, 0.29) is 18.6 Å². The van der Waals surface area contributed by atoms with Gasteiger partial charge in [0.2, 0.25) is 0 Å². The number of aliphatic hydroxyl groups excluding tert-OH is 1. The fraction of sp³-hybridized carbons (Fsp3) is 0.368. The molecule has 2 heterocycles. The van der Waals surface area contributed by atoms with Crippen LogP contribution < -0.4 is 5.14 Å². The normalized spacial score (nSPS) is 22.3. The third-order valence-corrected chi connectivity index (χ3v) is 6.67. The highest BCUT2D eigenvalue weighted by Gasteiger charge is 2.35. The molecule has 1 aliphatic carbocycles. The van der Waals surface area contributed by atoms with Crippen LogP contribution >= 0.6 is 11.8 Å². The number of aromatic nitrogens is 3. The average molecular weight is 435 g/mol. The van der Waals surface area contributed by atoms with Crippen molar-refractivity contribution in [3.05, 3.63) is 54.6 Å². The van der Waals surface area contributed by atoms with Crippen LogP contribution in [-0.2, 0) is 20.2 Å². The van der Waals surface area contributed by atoms with Crippen LogP contribution in [0.1, 0.15) is 24.6 Å². The fourth-order valence-corrected chi connectivity index (χ4v) is 5.01. The van der Waals surface area contributed by atoms with Crippen LogP contribution in [0.4, 0.5) is 0 Å². The molecule has 0 spiro atoms. The maximum atomic E-state index is 11.0. The summed E-state index contributed by atoms with van der Waals surface area (Å²) < 4.78 is 28.8. The Balaban J connectivity index is 1.50. The van der Waals surface area contributed by atoms with Crippen molar-refractivity contribution < 1.29 is 17.7 Å². The second kappa shape index (κ2) is 8.41. The molecule has 0 unspecified atom stereocenters. The lowest BCUT2D eigenvalue weighted by atomic mass is 10.1. The molecule has 154 valence electrons. The van der Waals surface area contributed by atoms with E-state index in [4.69, 9.17) is 5.14 Å². The zero-order chi connectivity index (χ0) is 20.4. The van der Waals surface area contributed by atoms with E-state index in [1.165, 1.54) is 4.90 Å². The van der Waals surface area contributed by atoms with Gasteiger partial charge in [-0.05, 0) is 31.0 Å². The van der Waals surface area contributed by atoms with Crippen molar-refractivity contribution in [1.29, 1.82) is 0 Å². The first-order valence-corrected chi connectivity index (χ1v) is 11.7. The lowest BCUT2D eigenvalue weighted by molar-refractivity contribution is 0.100. The van der Waals surface area contributed by atoms with E-state index in [0.717, 1.165) is 22.5 Å². The first kappa shape index (κ1) is 20.3. The summed E-state index contributed by atoms with van der Waals surface area (Å²) in [5, 5.41) is 16.2. The van der Waals surface area contributed by atoms with Gasteiger partial charge >= 0.3 is 10.3 Å². The predicted octanol–water partition coefficient (Wildman–Crippen LogP) is 2.26. The quantitative estimate of drug-likeness (QED) is 0.547. The van der Waals surface area contributed by atoms with Gasteiger partial charge in [0, 0.05) is 34.2 Å². The van der Waals surface area contributed by atoms with Crippen molar-refractivity contribution in [3.63, 3.8) is 0 Å².